The maximum atomic E-state index is 13.4. The molecule has 3 aromatic carbocycles. The summed E-state index contributed by atoms with van der Waals surface area (Å²) in [6.45, 7) is 0. The van der Waals surface area contributed by atoms with E-state index in [1.807, 2.05) is 24.3 Å². The van der Waals surface area contributed by atoms with Crippen LogP contribution in [0.2, 0.25) is 0 Å². The number of hydrogen-bond acceptors (Lipinski definition) is 8. The normalized spacial score (nSPS) is 28.2. The fourth-order valence-electron chi connectivity index (χ4n) is 5.35. The van der Waals surface area contributed by atoms with E-state index in [1.165, 1.54) is 24.3 Å². The van der Waals surface area contributed by atoms with Gasteiger partial charge >= 0.3 is 5.97 Å². The molecule has 222 valence electrons. The molecule has 0 spiro atoms. The molecule has 3 aromatic rings. The standard InChI is InChI=1S/C30H31FNO9P/c31-17-5-1-15(2-6-17)22(33)14-13-21-23(32(28(21)37)18-7-11-20(42)12-8-18)16-3-9-19(10-4-16)40-30-26(36)24(34)25(35)27(41-30)29(38)39/h1-12,21-27,30,33-36H,13-14,42H2,(H,38,39)/t21-,22?,23?,24?,25+,26-,27+,30?/m1/s1. The van der Waals surface area contributed by atoms with Gasteiger partial charge in [0.05, 0.1) is 18.1 Å². The zero-order valence-corrected chi connectivity index (χ0v) is 23.4. The molecule has 2 saturated heterocycles. The van der Waals surface area contributed by atoms with E-state index in [1.54, 1.807) is 29.2 Å². The summed E-state index contributed by atoms with van der Waals surface area (Å²) in [6, 6.07) is 19.2. The van der Waals surface area contributed by atoms with E-state index < -0.39 is 54.5 Å². The molecule has 2 aliphatic heterocycles. The molecule has 5 rings (SSSR count). The number of halogens is 1. The van der Waals surface area contributed by atoms with Gasteiger partial charge in [-0.25, -0.2) is 9.18 Å². The number of rotatable bonds is 9. The average molecular weight is 600 g/mol. The Hall–Kier alpha value is -3.44. The van der Waals surface area contributed by atoms with Crippen molar-refractivity contribution in [2.24, 2.45) is 5.92 Å². The number of ether oxygens (including phenoxy) is 2. The average Bonchev–Trinajstić information content (AvgIpc) is 2.97. The third kappa shape index (κ3) is 6.03. The lowest BCUT2D eigenvalue weighted by atomic mass is 9.78. The third-order valence-corrected chi connectivity index (χ3v) is 8.06. The number of nitrogens with zero attached hydrogens (tertiary/aromatic N) is 1. The number of amides is 1. The smallest absolute Gasteiger partial charge is 0.335 e. The van der Waals surface area contributed by atoms with Crippen LogP contribution in [0.5, 0.6) is 5.75 Å². The third-order valence-electron chi connectivity index (χ3n) is 7.68. The van der Waals surface area contributed by atoms with Crippen LogP contribution in [0.1, 0.15) is 36.1 Å². The summed E-state index contributed by atoms with van der Waals surface area (Å²) in [5.41, 5.74) is 2.03. The number of aliphatic hydroxyl groups excluding tert-OH is 4. The van der Waals surface area contributed by atoms with Crippen molar-refractivity contribution in [2.45, 2.75) is 55.7 Å². The molecule has 2 heterocycles. The maximum absolute atomic E-state index is 13.4. The molecule has 0 radical (unpaired) electrons. The van der Waals surface area contributed by atoms with Crippen LogP contribution in [0, 0.1) is 11.7 Å². The summed E-state index contributed by atoms with van der Waals surface area (Å²) in [7, 11) is 2.59. The lowest BCUT2D eigenvalue weighted by Crippen LogP contribution is -2.61. The minimum atomic E-state index is -1.83. The molecule has 42 heavy (non-hydrogen) atoms. The number of aliphatic carboxylic acids is 1. The molecule has 0 aromatic heterocycles. The summed E-state index contributed by atoms with van der Waals surface area (Å²) in [6.07, 6.45) is -8.88. The lowest BCUT2D eigenvalue weighted by Gasteiger charge is -2.48. The van der Waals surface area contributed by atoms with E-state index >= 15 is 0 Å². The maximum Gasteiger partial charge on any atom is 0.335 e. The molecule has 2 fully saturated rings. The Labute approximate surface area is 243 Å². The highest BCUT2D eigenvalue weighted by atomic mass is 31.0. The van der Waals surface area contributed by atoms with Crippen LogP contribution >= 0.6 is 9.24 Å². The number of anilines is 1. The fourth-order valence-corrected chi connectivity index (χ4v) is 5.54. The SMILES string of the molecule is O=C(O)[C@H]1OC(Oc2ccc(C3[C@@H](CCC(O)c4ccc(F)cc4)C(=O)N3c3ccc(P)cc3)cc2)[C@H](O)C(O)[C@@H]1O. The minimum Gasteiger partial charge on any atom is -0.479 e. The van der Waals surface area contributed by atoms with E-state index in [0.717, 1.165) is 10.9 Å². The van der Waals surface area contributed by atoms with Crippen molar-refractivity contribution < 1.29 is 49.0 Å². The van der Waals surface area contributed by atoms with Crippen molar-refractivity contribution in [1.29, 1.82) is 0 Å². The number of aliphatic hydroxyl groups is 4. The minimum absolute atomic E-state index is 0.103. The van der Waals surface area contributed by atoms with Gasteiger partial charge in [-0.1, -0.05) is 36.4 Å². The van der Waals surface area contributed by atoms with Crippen molar-refractivity contribution in [3.8, 4) is 5.75 Å². The number of carboxylic acids is 1. The van der Waals surface area contributed by atoms with Gasteiger partial charge in [0.2, 0.25) is 12.2 Å². The molecule has 10 nitrogen and oxygen atoms in total. The number of carbonyl (C=O) groups is 2. The van der Waals surface area contributed by atoms with Gasteiger partial charge in [0.25, 0.3) is 0 Å². The first kappa shape index (κ1) is 30.0. The van der Waals surface area contributed by atoms with Crippen LogP contribution in [-0.4, -0.2) is 68.1 Å². The number of β-lactam (4-membered cyclic amide) rings is 1. The second-order valence-corrected chi connectivity index (χ2v) is 11.1. The van der Waals surface area contributed by atoms with Crippen LogP contribution < -0.4 is 14.9 Å². The van der Waals surface area contributed by atoms with Crippen molar-refractivity contribution in [3.63, 3.8) is 0 Å². The molecule has 0 aliphatic carbocycles. The molecule has 9 atom stereocenters. The predicted molar refractivity (Wildman–Crippen MR) is 151 cm³/mol. The Kier molecular flexibility index (Phi) is 8.89. The number of carboxylic acid groups (broad SMARTS) is 1. The molecular formula is C30H31FNO9P. The molecule has 5 unspecified atom stereocenters. The van der Waals surface area contributed by atoms with Crippen LogP contribution in [-0.2, 0) is 14.3 Å². The number of benzene rings is 3. The zero-order chi connectivity index (χ0) is 30.1. The van der Waals surface area contributed by atoms with Crippen molar-refractivity contribution in [2.75, 3.05) is 4.90 Å². The second kappa shape index (κ2) is 12.4. The fraction of sp³-hybridized carbons (Fsp3) is 0.333. The van der Waals surface area contributed by atoms with Gasteiger partial charge in [-0.3, -0.25) is 4.79 Å². The largest absolute Gasteiger partial charge is 0.479 e. The van der Waals surface area contributed by atoms with Crippen molar-refractivity contribution in [3.05, 3.63) is 89.7 Å². The predicted octanol–water partition coefficient (Wildman–Crippen LogP) is 1.81. The molecule has 12 heteroatoms. The molecule has 2 aliphatic rings. The Bertz CT molecular complexity index is 1410. The Morgan fingerprint density at radius 1 is 0.952 bits per heavy atom. The highest BCUT2D eigenvalue weighted by Gasteiger charge is 2.49. The quantitative estimate of drug-likeness (QED) is 0.183. The first-order valence-electron chi connectivity index (χ1n) is 13.4. The van der Waals surface area contributed by atoms with Crippen molar-refractivity contribution in [1.82, 2.24) is 0 Å². The van der Waals surface area contributed by atoms with Crippen LogP contribution in [0.15, 0.2) is 72.8 Å². The van der Waals surface area contributed by atoms with Gasteiger partial charge in [0, 0.05) is 5.69 Å². The highest BCUT2D eigenvalue weighted by Crippen LogP contribution is 2.46. The Balaban J connectivity index is 1.34. The van der Waals surface area contributed by atoms with Gasteiger partial charge in [0.1, 0.15) is 29.9 Å². The Morgan fingerprint density at radius 3 is 2.21 bits per heavy atom. The first-order chi connectivity index (χ1) is 20.0. The van der Waals surface area contributed by atoms with Crippen LogP contribution in [0.4, 0.5) is 10.1 Å². The summed E-state index contributed by atoms with van der Waals surface area (Å²) < 4.78 is 24.1. The van der Waals surface area contributed by atoms with Crippen molar-refractivity contribution >= 4 is 32.1 Å². The van der Waals surface area contributed by atoms with E-state index in [0.29, 0.717) is 17.7 Å². The summed E-state index contributed by atoms with van der Waals surface area (Å²) in [5, 5.41) is 51.1. The number of carbonyl (C=O) groups excluding carboxylic acids is 1. The first-order valence-corrected chi connectivity index (χ1v) is 13.9. The molecule has 5 N–H and O–H groups in total. The zero-order valence-electron chi connectivity index (χ0n) is 22.2. The topological polar surface area (TPSA) is 157 Å². The summed E-state index contributed by atoms with van der Waals surface area (Å²) >= 11 is 0. The van der Waals surface area contributed by atoms with Gasteiger partial charge in [-0.05, 0) is 65.7 Å². The van der Waals surface area contributed by atoms with Gasteiger partial charge < -0.3 is 39.9 Å². The molecule has 1 amide bonds. The highest BCUT2D eigenvalue weighted by molar-refractivity contribution is 7.27. The number of hydrogen-bond donors (Lipinski definition) is 5. The van der Waals surface area contributed by atoms with Crippen LogP contribution in [0.3, 0.4) is 0 Å². The van der Waals surface area contributed by atoms with Gasteiger partial charge in [-0.15, -0.1) is 9.24 Å². The van der Waals surface area contributed by atoms with Gasteiger partial charge in [-0.2, -0.15) is 0 Å². The van der Waals surface area contributed by atoms with E-state index in [9.17, 15) is 39.5 Å². The van der Waals surface area contributed by atoms with E-state index in [4.69, 9.17) is 9.47 Å². The van der Waals surface area contributed by atoms with Gasteiger partial charge in [0.15, 0.2) is 6.10 Å². The monoisotopic (exact) mass is 599 g/mol. The molecule has 0 bridgehead atoms. The Morgan fingerprint density at radius 2 is 1.60 bits per heavy atom. The lowest BCUT2D eigenvalue weighted by molar-refractivity contribution is -0.271. The summed E-state index contributed by atoms with van der Waals surface area (Å²) in [4.78, 5) is 26.4. The summed E-state index contributed by atoms with van der Waals surface area (Å²) in [5.74, 6) is -2.27. The van der Waals surface area contributed by atoms with E-state index in [2.05, 4.69) is 9.24 Å². The van der Waals surface area contributed by atoms with Crippen LogP contribution in [0.25, 0.3) is 0 Å². The molecule has 0 saturated carbocycles. The molecular weight excluding hydrogens is 568 g/mol. The second-order valence-electron chi connectivity index (χ2n) is 10.4. The van der Waals surface area contributed by atoms with E-state index in [-0.39, 0.29) is 24.1 Å².